The number of ketones is 1. The molecule has 6 heteroatoms. The molecule has 0 saturated heterocycles. The molecule has 0 fully saturated rings. The molecular formula is C29H29N3O3. The largest absolute Gasteiger partial charge is 0.465 e. The van der Waals surface area contributed by atoms with Crippen LogP contribution in [0.25, 0.3) is 0 Å². The summed E-state index contributed by atoms with van der Waals surface area (Å²) in [5.41, 5.74) is 7.29. The van der Waals surface area contributed by atoms with E-state index in [4.69, 9.17) is 4.74 Å². The molecule has 5 rings (SSSR count). The number of para-hydroxylation sites is 2. The third-order valence-corrected chi connectivity index (χ3v) is 6.85. The second-order valence-electron chi connectivity index (χ2n) is 9.27. The molecule has 3 aromatic rings. The molecule has 2 N–H and O–H groups in total. The zero-order chi connectivity index (χ0) is 24.5. The van der Waals surface area contributed by atoms with Crippen LogP contribution in [0.3, 0.4) is 0 Å². The SMILES string of the molecule is COC(=O)c1ccc([C@@H]2Nc3ccccc3NC3=C2C(=O)C[C@@H](c2ccc(N(C)C)cc2)C3)cc1. The molecule has 1 heterocycles. The first-order valence-corrected chi connectivity index (χ1v) is 11.8. The summed E-state index contributed by atoms with van der Waals surface area (Å²) in [6.07, 6.45) is 1.20. The summed E-state index contributed by atoms with van der Waals surface area (Å²) >= 11 is 0. The number of anilines is 3. The van der Waals surface area contributed by atoms with Crippen LogP contribution in [-0.4, -0.2) is 33.0 Å². The normalized spacial score (nSPS) is 19.0. The highest BCUT2D eigenvalue weighted by Gasteiger charge is 2.36. The number of carbonyl (C=O) groups excluding carboxylic acids is 2. The van der Waals surface area contributed by atoms with Gasteiger partial charge in [-0.15, -0.1) is 0 Å². The van der Waals surface area contributed by atoms with Crippen molar-refractivity contribution >= 4 is 28.8 Å². The lowest BCUT2D eigenvalue weighted by Crippen LogP contribution is -2.27. The van der Waals surface area contributed by atoms with Gasteiger partial charge >= 0.3 is 5.97 Å². The molecule has 6 nitrogen and oxygen atoms in total. The van der Waals surface area contributed by atoms with Crippen molar-refractivity contribution in [3.05, 3.63) is 101 Å². The van der Waals surface area contributed by atoms with Crippen LogP contribution >= 0.6 is 0 Å². The molecule has 2 aliphatic rings. The van der Waals surface area contributed by atoms with E-state index in [1.165, 1.54) is 12.7 Å². The van der Waals surface area contributed by atoms with Gasteiger partial charge in [-0.3, -0.25) is 4.79 Å². The van der Waals surface area contributed by atoms with E-state index in [0.29, 0.717) is 12.0 Å². The Morgan fingerprint density at radius 2 is 1.54 bits per heavy atom. The maximum atomic E-state index is 13.7. The van der Waals surface area contributed by atoms with Crippen molar-refractivity contribution in [1.82, 2.24) is 0 Å². The highest BCUT2D eigenvalue weighted by atomic mass is 16.5. The van der Waals surface area contributed by atoms with Crippen LogP contribution in [0.5, 0.6) is 0 Å². The maximum Gasteiger partial charge on any atom is 0.337 e. The van der Waals surface area contributed by atoms with Gasteiger partial charge < -0.3 is 20.3 Å². The predicted octanol–water partition coefficient (Wildman–Crippen LogP) is 5.52. The van der Waals surface area contributed by atoms with Crippen molar-refractivity contribution in [2.75, 3.05) is 36.7 Å². The van der Waals surface area contributed by atoms with Gasteiger partial charge in [-0.1, -0.05) is 36.4 Å². The Morgan fingerprint density at radius 3 is 2.20 bits per heavy atom. The standard InChI is InChI=1S/C29H29N3O3/c1-32(2)22-14-12-18(13-15-22)21-16-25-27(26(33)17-21)28(31-24-7-5-4-6-23(24)30-25)19-8-10-20(11-9-19)29(34)35-3/h4-15,21,28,30-31H,16-17H2,1-3H3/t21-,28-/m0/s1. The summed E-state index contributed by atoms with van der Waals surface area (Å²) in [7, 11) is 5.41. The van der Waals surface area contributed by atoms with Crippen LogP contribution in [0.15, 0.2) is 84.1 Å². The van der Waals surface area contributed by atoms with Gasteiger partial charge in [0, 0.05) is 37.5 Å². The number of hydrogen-bond donors (Lipinski definition) is 2. The fraction of sp³-hybridized carbons (Fsp3) is 0.241. The van der Waals surface area contributed by atoms with Crippen LogP contribution < -0.4 is 15.5 Å². The lowest BCUT2D eigenvalue weighted by atomic mass is 9.78. The Bertz CT molecular complexity index is 1290. The number of nitrogens with one attached hydrogen (secondary N) is 2. The van der Waals surface area contributed by atoms with Crippen LogP contribution in [0, 0.1) is 0 Å². The number of ether oxygens (including phenoxy) is 1. The number of esters is 1. The second-order valence-corrected chi connectivity index (χ2v) is 9.27. The number of Topliss-reactive ketones (excluding diaryl/α,β-unsaturated/α-hetero) is 1. The highest BCUT2D eigenvalue weighted by molar-refractivity contribution is 6.01. The van der Waals surface area contributed by atoms with E-state index < -0.39 is 0 Å². The Balaban J connectivity index is 1.53. The van der Waals surface area contributed by atoms with Gasteiger partial charge in [0.15, 0.2) is 5.78 Å². The molecule has 1 aliphatic carbocycles. The van der Waals surface area contributed by atoms with E-state index >= 15 is 0 Å². The third-order valence-electron chi connectivity index (χ3n) is 6.85. The van der Waals surface area contributed by atoms with Gasteiger partial charge in [0.2, 0.25) is 0 Å². The first-order chi connectivity index (χ1) is 16.9. The van der Waals surface area contributed by atoms with Crippen LogP contribution in [0.1, 0.15) is 46.3 Å². The highest BCUT2D eigenvalue weighted by Crippen LogP contribution is 2.44. The van der Waals surface area contributed by atoms with Gasteiger partial charge in [0.1, 0.15) is 0 Å². The Morgan fingerprint density at radius 1 is 0.886 bits per heavy atom. The Labute approximate surface area is 205 Å². The van der Waals surface area contributed by atoms with E-state index in [1.54, 1.807) is 12.1 Å². The van der Waals surface area contributed by atoms with Crippen LogP contribution in [-0.2, 0) is 9.53 Å². The van der Waals surface area contributed by atoms with Crippen molar-refractivity contribution in [2.24, 2.45) is 0 Å². The second kappa shape index (κ2) is 9.29. The number of hydrogen-bond acceptors (Lipinski definition) is 6. The smallest absolute Gasteiger partial charge is 0.337 e. The fourth-order valence-electron chi connectivity index (χ4n) is 4.95. The number of allylic oxidation sites excluding steroid dienone is 1. The maximum absolute atomic E-state index is 13.7. The van der Waals surface area contributed by atoms with Crippen molar-refractivity contribution in [3.63, 3.8) is 0 Å². The van der Waals surface area contributed by atoms with Crippen molar-refractivity contribution in [3.8, 4) is 0 Å². The van der Waals surface area contributed by atoms with E-state index in [9.17, 15) is 9.59 Å². The topological polar surface area (TPSA) is 70.7 Å². The molecule has 0 saturated carbocycles. The molecule has 0 unspecified atom stereocenters. The number of methoxy groups -OCH3 is 1. The molecule has 0 bridgehead atoms. The average molecular weight is 468 g/mol. The average Bonchev–Trinajstić information content (AvgIpc) is 3.05. The predicted molar refractivity (Wildman–Crippen MR) is 139 cm³/mol. The summed E-state index contributed by atoms with van der Waals surface area (Å²) in [5.74, 6) is -0.144. The Kier molecular flexibility index (Phi) is 6.03. The molecule has 3 aromatic carbocycles. The fourth-order valence-corrected chi connectivity index (χ4v) is 4.95. The number of nitrogens with zero attached hydrogens (tertiary/aromatic N) is 1. The summed E-state index contributed by atoms with van der Waals surface area (Å²) in [4.78, 5) is 27.7. The monoisotopic (exact) mass is 467 g/mol. The van der Waals surface area contributed by atoms with E-state index in [2.05, 4.69) is 39.8 Å². The van der Waals surface area contributed by atoms with Gasteiger partial charge in [0.05, 0.1) is 30.1 Å². The summed E-state index contributed by atoms with van der Waals surface area (Å²) in [6.45, 7) is 0. The molecular weight excluding hydrogens is 438 g/mol. The van der Waals surface area contributed by atoms with Crippen LogP contribution in [0.4, 0.5) is 17.1 Å². The molecule has 0 spiro atoms. The summed E-state index contributed by atoms with van der Waals surface area (Å²) in [6, 6.07) is 23.4. The van der Waals surface area contributed by atoms with Crippen molar-refractivity contribution in [2.45, 2.75) is 24.8 Å². The molecule has 35 heavy (non-hydrogen) atoms. The van der Waals surface area contributed by atoms with Gasteiger partial charge in [-0.2, -0.15) is 0 Å². The third kappa shape index (κ3) is 4.39. The molecule has 0 aromatic heterocycles. The van der Waals surface area contributed by atoms with E-state index in [-0.39, 0.29) is 23.7 Å². The number of rotatable bonds is 4. The quantitative estimate of drug-likeness (QED) is 0.493. The Hall–Kier alpha value is -4.06. The molecule has 0 radical (unpaired) electrons. The zero-order valence-electron chi connectivity index (χ0n) is 20.2. The summed E-state index contributed by atoms with van der Waals surface area (Å²) in [5, 5.41) is 7.15. The lowest BCUT2D eigenvalue weighted by molar-refractivity contribution is -0.116. The molecule has 1 aliphatic heterocycles. The first kappa shape index (κ1) is 22.7. The summed E-state index contributed by atoms with van der Waals surface area (Å²) < 4.78 is 4.83. The molecule has 178 valence electrons. The van der Waals surface area contributed by atoms with Crippen molar-refractivity contribution < 1.29 is 14.3 Å². The first-order valence-electron chi connectivity index (χ1n) is 11.8. The number of fused-ring (bicyclic) bond motifs is 1. The minimum atomic E-state index is -0.380. The molecule has 0 amide bonds. The lowest BCUT2D eigenvalue weighted by Gasteiger charge is -2.30. The van der Waals surface area contributed by atoms with Crippen molar-refractivity contribution in [1.29, 1.82) is 0 Å². The zero-order valence-corrected chi connectivity index (χ0v) is 20.2. The van der Waals surface area contributed by atoms with Gasteiger partial charge in [-0.05, 0) is 59.9 Å². The van der Waals surface area contributed by atoms with E-state index in [1.807, 2.05) is 50.5 Å². The van der Waals surface area contributed by atoms with E-state index in [0.717, 1.165) is 40.3 Å². The van der Waals surface area contributed by atoms with Gasteiger partial charge in [0.25, 0.3) is 0 Å². The number of carbonyl (C=O) groups is 2. The van der Waals surface area contributed by atoms with Gasteiger partial charge in [-0.25, -0.2) is 4.79 Å². The number of benzene rings is 3. The van der Waals surface area contributed by atoms with Crippen LogP contribution in [0.2, 0.25) is 0 Å². The molecule has 2 atom stereocenters. The minimum Gasteiger partial charge on any atom is -0.465 e. The minimum absolute atomic E-state index is 0.109.